The summed E-state index contributed by atoms with van der Waals surface area (Å²) in [6.45, 7) is 6.40. The molecule has 3 N–H and O–H groups in total. The molecule has 0 spiro atoms. The second kappa shape index (κ2) is 11.2. The second-order valence-electron chi connectivity index (χ2n) is 7.51. The maximum atomic E-state index is 12.0. The summed E-state index contributed by atoms with van der Waals surface area (Å²) in [4.78, 5) is 12.0. The van der Waals surface area contributed by atoms with E-state index < -0.39 is 6.29 Å². The third-order valence-corrected chi connectivity index (χ3v) is 4.72. The standard InChI is InChI=1S/C14H17N3O.C11H12N2O2/c1-3-9-15-14(18)13-10-11(2)16-17(13)12-7-5-4-6-8-12;1-8-7-10(11(14)15)13(12-8)9-5-3-2-4-6-9/h4-8,10H,3,9H2,1-2H3,(H,15,18);2-7,11,14-15H,1H3. The molecule has 8 nitrogen and oxygen atoms in total. The molecule has 33 heavy (non-hydrogen) atoms. The van der Waals surface area contributed by atoms with Crippen LogP contribution in [-0.2, 0) is 0 Å². The summed E-state index contributed by atoms with van der Waals surface area (Å²) in [6, 6.07) is 22.5. The Labute approximate surface area is 193 Å². The molecule has 8 heteroatoms. The van der Waals surface area contributed by atoms with Crippen LogP contribution < -0.4 is 5.32 Å². The first-order valence-corrected chi connectivity index (χ1v) is 10.8. The number of carbonyl (C=O) groups is 1. The van der Waals surface area contributed by atoms with Crippen LogP contribution in [0.1, 0.15) is 47.2 Å². The zero-order valence-electron chi connectivity index (χ0n) is 19.0. The Bertz CT molecular complexity index is 1170. The minimum absolute atomic E-state index is 0.0821. The maximum absolute atomic E-state index is 12.0. The number of aliphatic hydroxyl groups excluding tert-OH is 1. The molecule has 2 heterocycles. The molecule has 0 radical (unpaired) electrons. The molecule has 0 aliphatic carbocycles. The van der Waals surface area contributed by atoms with E-state index in [1.54, 1.807) is 16.8 Å². The lowest BCUT2D eigenvalue weighted by Gasteiger charge is -2.07. The van der Waals surface area contributed by atoms with Crippen molar-refractivity contribution in [2.45, 2.75) is 33.5 Å². The third kappa shape index (κ3) is 6.15. The fourth-order valence-corrected chi connectivity index (χ4v) is 3.24. The van der Waals surface area contributed by atoms with Crippen molar-refractivity contribution < 1.29 is 15.0 Å². The summed E-state index contributed by atoms with van der Waals surface area (Å²) in [7, 11) is 0. The van der Waals surface area contributed by atoms with Gasteiger partial charge in [0.15, 0.2) is 6.29 Å². The van der Waals surface area contributed by atoms with Crippen LogP contribution in [0, 0.1) is 13.8 Å². The predicted octanol–water partition coefficient (Wildman–Crippen LogP) is 3.48. The molecule has 0 unspecified atom stereocenters. The minimum atomic E-state index is -1.51. The van der Waals surface area contributed by atoms with Crippen molar-refractivity contribution in [2.75, 3.05) is 6.54 Å². The number of rotatable bonds is 6. The molecular formula is C25H29N5O3. The smallest absolute Gasteiger partial charge is 0.270 e. The van der Waals surface area contributed by atoms with Crippen molar-refractivity contribution in [2.24, 2.45) is 0 Å². The number of benzene rings is 2. The summed E-state index contributed by atoms with van der Waals surface area (Å²) < 4.78 is 3.21. The molecule has 4 rings (SSSR count). The fourth-order valence-electron chi connectivity index (χ4n) is 3.24. The Morgan fingerprint density at radius 3 is 1.94 bits per heavy atom. The monoisotopic (exact) mass is 447 g/mol. The Balaban J connectivity index is 0.000000189. The van der Waals surface area contributed by atoms with E-state index >= 15 is 0 Å². The number of hydrogen-bond acceptors (Lipinski definition) is 5. The number of aryl methyl sites for hydroxylation is 2. The van der Waals surface area contributed by atoms with E-state index in [2.05, 4.69) is 15.5 Å². The van der Waals surface area contributed by atoms with Crippen molar-refractivity contribution in [3.63, 3.8) is 0 Å². The molecular weight excluding hydrogens is 418 g/mol. The van der Waals surface area contributed by atoms with Crippen LogP contribution in [0.2, 0.25) is 0 Å². The van der Waals surface area contributed by atoms with E-state index in [0.717, 1.165) is 29.2 Å². The molecule has 0 saturated heterocycles. The van der Waals surface area contributed by atoms with Gasteiger partial charge >= 0.3 is 0 Å². The summed E-state index contributed by atoms with van der Waals surface area (Å²) in [5.74, 6) is -0.0821. The van der Waals surface area contributed by atoms with Gasteiger partial charge < -0.3 is 15.5 Å². The summed E-state index contributed by atoms with van der Waals surface area (Å²) >= 11 is 0. The second-order valence-corrected chi connectivity index (χ2v) is 7.51. The average molecular weight is 448 g/mol. The van der Waals surface area contributed by atoms with E-state index in [0.29, 0.717) is 17.9 Å². The van der Waals surface area contributed by atoms with Gasteiger partial charge in [-0.3, -0.25) is 4.79 Å². The van der Waals surface area contributed by atoms with Crippen LogP contribution in [0.4, 0.5) is 0 Å². The van der Waals surface area contributed by atoms with Gasteiger partial charge in [-0.15, -0.1) is 0 Å². The highest BCUT2D eigenvalue weighted by atomic mass is 16.5. The number of aromatic nitrogens is 4. The van der Waals surface area contributed by atoms with Crippen molar-refractivity contribution >= 4 is 5.91 Å². The fraction of sp³-hybridized carbons (Fsp3) is 0.240. The number of aliphatic hydroxyl groups is 2. The number of carbonyl (C=O) groups excluding carboxylic acids is 1. The number of nitrogens with zero attached hydrogens (tertiary/aromatic N) is 4. The lowest BCUT2D eigenvalue weighted by Crippen LogP contribution is -2.26. The van der Waals surface area contributed by atoms with Gasteiger partial charge in [0.05, 0.1) is 28.5 Å². The van der Waals surface area contributed by atoms with E-state index in [1.165, 1.54) is 4.68 Å². The van der Waals surface area contributed by atoms with Gasteiger partial charge in [0.25, 0.3) is 5.91 Å². The van der Waals surface area contributed by atoms with Gasteiger partial charge in [-0.05, 0) is 56.7 Å². The average Bonchev–Trinajstić information content (AvgIpc) is 3.42. The van der Waals surface area contributed by atoms with Gasteiger partial charge in [-0.25, -0.2) is 9.36 Å². The quantitative estimate of drug-likeness (QED) is 0.393. The van der Waals surface area contributed by atoms with Crippen LogP contribution >= 0.6 is 0 Å². The lowest BCUT2D eigenvalue weighted by atomic mass is 10.3. The number of amides is 1. The molecule has 172 valence electrons. The molecule has 2 aromatic heterocycles. The topological polar surface area (TPSA) is 105 Å². The number of hydrogen-bond donors (Lipinski definition) is 3. The molecule has 0 fully saturated rings. The highest BCUT2D eigenvalue weighted by Gasteiger charge is 2.14. The number of nitrogens with one attached hydrogen (secondary N) is 1. The van der Waals surface area contributed by atoms with Gasteiger partial charge in [-0.1, -0.05) is 43.3 Å². The Morgan fingerprint density at radius 2 is 1.39 bits per heavy atom. The first kappa shape index (κ1) is 23.9. The van der Waals surface area contributed by atoms with Gasteiger partial charge in [0.1, 0.15) is 5.69 Å². The normalized spacial score (nSPS) is 10.6. The van der Waals surface area contributed by atoms with Gasteiger partial charge in [0.2, 0.25) is 0 Å². The van der Waals surface area contributed by atoms with Crippen LogP contribution in [0.25, 0.3) is 11.4 Å². The predicted molar refractivity (Wildman–Crippen MR) is 126 cm³/mol. The Hall–Kier alpha value is -3.75. The zero-order valence-corrected chi connectivity index (χ0v) is 19.0. The first-order valence-electron chi connectivity index (χ1n) is 10.8. The van der Waals surface area contributed by atoms with E-state index in [4.69, 9.17) is 0 Å². The van der Waals surface area contributed by atoms with Gasteiger partial charge in [0, 0.05) is 6.54 Å². The number of para-hydroxylation sites is 2. The molecule has 0 saturated carbocycles. The van der Waals surface area contributed by atoms with Crippen molar-refractivity contribution in [3.8, 4) is 11.4 Å². The molecule has 0 atom stereocenters. The first-order chi connectivity index (χ1) is 15.9. The van der Waals surface area contributed by atoms with Gasteiger partial charge in [-0.2, -0.15) is 10.2 Å². The highest BCUT2D eigenvalue weighted by Crippen LogP contribution is 2.17. The Morgan fingerprint density at radius 1 is 0.879 bits per heavy atom. The SMILES string of the molecule is CCCNC(=O)c1cc(C)nn1-c1ccccc1.Cc1cc(C(O)O)n(-c2ccccc2)n1. The van der Waals surface area contributed by atoms with E-state index in [-0.39, 0.29) is 5.91 Å². The molecule has 0 bridgehead atoms. The van der Waals surface area contributed by atoms with Crippen molar-refractivity contribution in [1.29, 1.82) is 0 Å². The summed E-state index contributed by atoms with van der Waals surface area (Å²) in [5.41, 5.74) is 4.24. The van der Waals surface area contributed by atoms with Crippen LogP contribution in [0.3, 0.4) is 0 Å². The van der Waals surface area contributed by atoms with Crippen molar-refractivity contribution in [1.82, 2.24) is 24.9 Å². The highest BCUT2D eigenvalue weighted by molar-refractivity contribution is 5.93. The minimum Gasteiger partial charge on any atom is -0.363 e. The summed E-state index contributed by atoms with van der Waals surface area (Å²) in [5, 5.41) is 29.8. The van der Waals surface area contributed by atoms with Crippen LogP contribution in [0.15, 0.2) is 72.8 Å². The molecule has 0 aliphatic heterocycles. The van der Waals surface area contributed by atoms with E-state index in [9.17, 15) is 15.0 Å². The lowest BCUT2D eigenvalue weighted by molar-refractivity contribution is -0.0475. The largest absolute Gasteiger partial charge is 0.363 e. The molecule has 4 aromatic rings. The van der Waals surface area contributed by atoms with E-state index in [1.807, 2.05) is 81.4 Å². The Kier molecular flexibility index (Phi) is 8.12. The zero-order chi connectivity index (χ0) is 23.8. The molecule has 1 amide bonds. The molecule has 2 aromatic carbocycles. The van der Waals surface area contributed by atoms with Crippen LogP contribution in [0.5, 0.6) is 0 Å². The third-order valence-electron chi connectivity index (χ3n) is 4.72. The molecule has 0 aliphatic rings. The maximum Gasteiger partial charge on any atom is 0.270 e. The summed E-state index contributed by atoms with van der Waals surface area (Å²) in [6.07, 6.45) is -0.587. The van der Waals surface area contributed by atoms with Crippen LogP contribution in [-0.4, -0.2) is 42.2 Å². The van der Waals surface area contributed by atoms with Crippen molar-refractivity contribution in [3.05, 3.63) is 95.6 Å².